The Labute approximate surface area is 185 Å². The van der Waals surface area contributed by atoms with Crippen molar-refractivity contribution in [2.24, 2.45) is 0 Å². The summed E-state index contributed by atoms with van der Waals surface area (Å²) in [6, 6.07) is 20.5. The molecule has 0 aliphatic carbocycles. The molecule has 32 heavy (non-hydrogen) atoms. The summed E-state index contributed by atoms with van der Waals surface area (Å²) in [5, 5.41) is 9.92. The second-order valence-corrected chi connectivity index (χ2v) is 7.50. The lowest BCUT2D eigenvalue weighted by Crippen LogP contribution is -2.06. The van der Waals surface area contributed by atoms with Crippen LogP contribution in [0, 0.1) is 5.82 Å². The molecule has 0 N–H and O–H groups in total. The molecule has 0 fully saturated rings. The van der Waals surface area contributed by atoms with Crippen LogP contribution in [0.1, 0.15) is 12.5 Å². The molecular formula is C26H22FN3O2. The van der Waals surface area contributed by atoms with Crippen LogP contribution in [-0.4, -0.2) is 28.5 Å². The topological polar surface area (TPSA) is 49.2 Å². The van der Waals surface area contributed by atoms with E-state index < -0.39 is 0 Å². The number of hydrogen-bond acceptors (Lipinski definition) is 4. The van der Waals surface area contributed by atoms with Gasteiger partial charge < -0.3 is 14.0 Å². The number of benzene rings is 3. The molecule has 160 valence electrons. The van der Waals surface area contributed by atoms with Crippen molar-refractivity contribution < 1.29 is 13.9 Å². The molecule has 0 atom stereocenters. The second-order valence-electron chi connectivity index (χ2n) is 7.50. The highest BCUT2D eigenvalue weighted by molar-refractivity contribution is 5.98. The van der Waals surface area contributed by atoms with Gasteiger partial charge in [-0.05, 0) is 55.5 Å². The summed E-state index contributed by atoms with van der Waals surface area (Å²) in [5.74, 6) is 1.31. The Bertz CT molecular complexity index is 1360. The number of aromatic nitrogens is 3. The van der Waals surface area contributed by atoms with E-state index in [0.717, 1.165) is 44.9 Å². The third-order valence-electron chi connectivity index (χ3n) is 5.55. The first-order valence-corrected chi connectivity index (χ1v) is 10.5. The van der Waals surface area contributed by atoms with Gasteiger partial charge in [-0.2, -0.15) is 0 Å². The lowest BCUT2D eigenvalue weighted by Gasteiger charge is -2.16. The van der Waals surface area contributed by atoms with Crippen molar-refractivity contribution in [3.63, 3.8) is 0 Å². The van der Waals surface area contributed by atoms with Gasteiger partial charge in [0.05, 0.1) is 25.8 Å². The fraction of sp³-hybridized carbons (Fsp3) is 0.154. The normalized spacial score (nSPS) is 11.2. The highest BCUT2D eigenvalue weighted by atomic mass is 19.1. The quantitative estimate of drug-likeness (QED) is 0.344. The van der Waals surface area contributed by atoms with Crippen LogP contribution in [0.15, 0.2) is 72.9 Å². The SMILES string of the molecule is CCOc1ccc2c(c1)c1nnc(-c3ccc(OC)cc3)c-1cn2Cc1ccccc1F. The Morgan fingerprint density at radius 2 is 1.66 bits per heavy atom. The zero-order chi connectivity index (χ0) is 22.1. The van der Waals surface area contributed by atoms with Crippen LogP contribution < -0.4 is 9.47 Å². The van der Waals surface area contributed by atoms with E-state index in [1.54, 1.807) is 19.2 Å². The van der Waals surface area contributed by atoms with Crippen LogP contribution in [0.3, 0.4) is 0 Å². The molecule has 2 aliphatic heterocycles. The van der Waals surface area contributed by atoms with E-state index >= 15 is 0 Å². The van der Waals surface area contributed by atoms with E-state index in [0.29, 0.717) is 18.7 Å². The average molecular weight is 427 g/mol. The van der Waals surface area contributed by atoms with Gasteiger partial charge in [-0.3, -0.25) is 0 Å². The molecule has 3 aromatic rings. The minimum atomic E-state index is -0.228. The van der Waals surface area contributed by atoms with E-state index in [9.17, 15) is 4.39 Å². The fourth-order valence-corrected chi connectivity index (χ4v) is 3.98. The van der Waals surface area contributed by atoms with Crippen molar-refractivity contribution in [2.75, 3.05) is 13.7 Å². The molecule has 0 saturated carbocycles. The second kappa shape index (κ2) is 8.30. The third kappa shape index (κ3) is 3.54. The molecule has 6 heteroatoms. The lowest BCUT2D eigenvalue weighted by atomic mass is 10.0. The summed E-state index contributed by atoms with van der Waals surface area (Å²) >= 11 is 0. The number of hydrogen-bond donors (Lipinski definition) is 0. The summed E-state index contributed by atoms with van der Waals surface area (Å²) < 4.78 is 27.5. The van der Waals surface area contributed by atoms with E-state index in [2.05, 4.69) is 10.2 Å². The van der Waals surface area contributed by atoms with Gasteiger partial charge in [-0.15, -0.1) is 10.2 Å². The summed E-state index contributed by atoms with van der Waals surface area (Å²) in [4.78, 5) is 0. The number of nitrogens with zero attached hydrogens (tertiary/aromatic N) is 3. The molecule has 0 aromatic heterocycles. The molecule has 5 rings (SSSR count). The van der Waals surface area contributed by atoms with Crippen LogP contribution in [0.4, 0.5) is 4.39 Å². The predicted molar refractivity (Wildman–Crippen MR) is 123 cm³/mol. The first-order valence-electron chi connectivity index (χ1n) is 10.5. The van der Waals surface area contributed by atoms with Crippen LogP contribution in [-0.2, 0) is 6.54 Å². The minimum Gasteiger partial charge on any atom is -0.497 e. The zero-order valence-corrected chi connectivity index (χ0v) is 17.9. The van der Waals surface area contributed by atoms with E-state index in [-0.39, 0.29) is 5.82 Å². The Balaban J connectivity index is 1.71. The van der Waals surface area contributed by atoms with Gasteiger partial charge in [0.25, 0.3) is 0 Å². The lowest BCUT2D eigenvalue weighted by molar-refractivity contribution is 0.340. The maximum atomic E-state index is 14.4. The van der Waals surface area contributed by atoms with Crippen molar-refractivity contribution in [3.05, 3.63) is 84.3 Å². The van der Waals surface area contributed by atoms with Crippen molar-refractivity contribution in [2.45, 2.75) is 13.5 Å². The Hall–Kier alpha value is -3.93. The zero-order valence-electron chi connectivity index (χ0n) is 17.9. The Morgan fingerprint density at radius 1 is 0.906 bits per heavy atom. The number of halogens is 1. The maximum absolute atomic E-state index is 14.4. The number of pyridine rings is 1. The molecule has 0 unspecified atom stereocenters. The van der Waals surface area contributed by atoms with Gasteiger partial charge in [-0.1, -0.05) is 18.2 Å². The summed E-state index contributed by atoms with van der Waals surface area (Å²) in [6.07, 6.45) is 2.00. The molecule has 2 heterocycles. The first kappa shape index (κ1) is 20.0. The number of methoxy groups -OCH3 is 1. The molecule has 0 amide bonds. The molecule has 0 spiro atoms. The predicted octanol–water partition coefficient (Wildman–Crippen LogP) is 5.80. The van der Waals surface area contributed by atoms with E-state index in [1.807, 2.05) is 66.2 Å². The van der Waals surface area contributed by atoms with Crippen LogP contribution in [0.5, 0.6) is 11.5 Å². The maximum Gasteiger partial charge on any atom is 0.128 e. The van der Waals surface area contributed by atoms with Gasteiger partial charge in [0.1, 0.15) is 28.7 Å². The summed E-state index contributed by atoms with van der Waals surface area (Å²) in [6.45, 7) is 2.91. The largest absolute Gasteiger partial charge is 0.497 e. The Kier molecular flexibility index (Phi) is 5.19. The fourth-order valence-electron chi connectivity index (χ4n) is 3.98. The van der Waals surface area contributed by atoms with Gasteiger partial charge in [0.2, 0.25) is 0 Å². The standard InChI is InChI=1S/C26H22FN3O2/c1-3-32-20-12-13-24-21(14-20)26-22(16-30(24)15-18-6-4-5-7-23(18)27)25(28-29-26)17-8-10-19(31-2)11-9-17/h4-14,16H,3,15H2,1-2H3. The van der Waals surface area contributed by atoms with Gasteiger partial charge >= 0.3 is 0 Å². The van der Waals surface area contributed by atoms with Gasteiger partial charge in [0.15, 0.2) is 0 Å². The van der Waals surface area contributed by atoms with E-state index in [4.69, 9.17) is 9.47 Å². The van der Waals surface area contributed by atoms with Crippen molar-refractivity contribution in [3.8, 4) is 34.0 Å². The molecule has 0 radical (unpaired) electrons. The van der Waals surface area contributed by atoms with Crippen molar-refractivity contribution in [1.82, 2.24) is 14.8 Å². The molecule has 0 bridgehead atoms. The minimum absolute atomic E-state index is 0.228. The summed E-state index contributed by atoms with van der Waals surface area (Å²) in [7, 11) is 1.64. The van der Waals surface area contributed by atoms with Gasteiger partial charge in [0, 0.05) is 28.3 Å². The molecule has 0 saturated heterocycles. The highest BCUT2D eigenvalue weighted by Crippen LogP contribution is 2.38. The highest BCUT2D eigenvalue weighted by Gasteiger charge is 2.21. The smallest absolute Gasteiger partial charge is 0.128 e. The van der Waals surface area contributed by atoms with Crippen LogP contribution in [0.2, 0.25) is 0 Å². The van der Waals surface area contributed by atoms with Crippen LogP contribution in [0.25, 0.3) is 33.4 Å². The van der Waals surface area contributed by atoms with Crippen molar-refractivity contribution in [1.29, 1.82) is 0 Å². The molecule has 3 aromatic carbocycles. The first-order chi connectivity index (χ1) is 15.7. The monoisotopic (exact) mass is 427 g/mol. The molecule has 2 aliphatic rings. The third-order valence-corrected chi connectivity index (χ3v) is 5.55. The number of ether oxygens (including phenoxy) is 2. The Morgan fingerprint density at radius 3 is 2.41 bits per heavy atom. The average Bonchev–Trinajstić information content (AvgIpc) is 3.25. The molecule has 5 nitrogen and oxygen atoms in total. The summed E-state index contributed by atoms with van der Waals surface area (Å²) in [5.41, 5.74) is 4.94. The number of rotatable bonds is 6. The van der Waals surface area contributed by atoms with Crippen molar-refractivity contribution >= 4 is 10.9 Å². The van der Waals surface area contributed by atoms with Crippen LogP contribution >= 0.6 is 0 Å². The van der Waals surface area contributed by atoms with E-state index in [1.165, 1.54) is 6.07 Å². The van der Waals surface area contributed by atoms with Gasteiger partial charge in [-0.25, -0.2) is 4.39 Å². The molecular weight excluding hydrogens is 405 g/mol. The number of fused-ring (bicyclic) bond motifs is 3.